The van der Waals surface area contributed by atoms with E-state index >= 15 is 0 Å². The fraction of sp³-hybridized carbons (Fsp3) is 0.955. The molecule has 0 radical (unpaired) electrons. The average Bonchev–Trinajstić information content (AvgIpc) is 2.77. The molecule has 1 atom stereocenters. The van der Waals surface area contributed by atoms with Gasteiger partial charge < -0.3 is 20.1 Å². The van der Waals surface area contributed by atoms with Crippen LogP contribution in [0.25, 0.3) is 0 Å². The van der Waals surface area contributed by atoms with Crippen LogP contribution < -0.4 is 10.6 Å². The van der Waals surface area contributed by atoms with Gasteiger partial charge in [-0.25, -0.2) is 0 Å². The fourth-order valence-electron chi connectivity index (χ4n) is 4.83. The molecule has 6 nitrogen and oxygen atoms in total. The Kier molecular flexibility index (Phi) is 9.88. The Bertz CT molecular complexity index is 448. The van der Waals surface area contributed by atoms with Crippen molar-refractivity contribution < 1.29 is 9.47 Å². The quantitative estimate of drug-likeness (QED) is 0.377. The minimum absolute atomic E-state index is 0.520. The van der Waals surface area contributed by atoms with Crippen molar-refractivity contribution in [1.82, 2.24) is 15.5 Å². The highest BCUT2D eigenvalue weighted by Gasteiger charge is 2.27. The van der Waals surface area contributed by atoms with Gasteiger partial charge in [-0.1, -0.05) is 19.3 Å². The smallest absolute Gasteiger partial charge is 0.191 e. The van der Waals surface area contributed by atoms with Crippen LogP contribution >= 0.6 is 0 Å². The van der Waals surface area contributed by atoms with Gasteiger partial charge >= 0.3 is 0 Å². The van der Waals surface area contributed by atoms with Crippen molar-refractivity contribution in [1.29, 1.82) is 0 Å². The van der Waals surface area contributed by atoms with Gasteiger partial charge in [-0.3, -0.25) is 9.89 Å². The van der Waals surface area contributed by atoms with Crippen LogP contribution in [0.5, 0.6) is 0 Å². The number of nitrogens with one attached hydrogen (secondary N) is 2. The summed E-state index contributed by atoms with van der Waals surface area (Å²) in [6.45, 7) is 6.86. The maximum atomic E-state index is 5.86. The van der Waals surface area contributed by atoms with Crippen molar-refractivity contribution >= 4 is 5.96 Å². The van der Waals surface area contributed by atoms with Gasteiger partial charge in [0.25, 0.3) is 0 Å². The van der Waals surface area contributed by atoms with Gasteiger partial charge in [0, 0.05) is 58.6 Å². The minimum Gasteiger partial charge on any atom is -0.381 e. The van der Waals surface area contributed by atoms with Crippen molar-refractivity contribution in [2.24, 2.45) is 10.9 Å². The number of hydrogen-bond acceptors (Lipinski definition) is 4. The summed E-state index contributed by atoms with van der Waals surface area (Å²) in [5.74, 6) is 1.63. The van der Waals surface area contributed by atoms with Gasteiger partial charge in [0.2, 0.25) is 0 Å². The zero-order chi connectivity index (χ0) is 19.4. The number of aliphatic imine (C=N–C) groups is 1. The third kappa shape index (κ3) is 7.53. The second kappa shape index (κ2) is 12.7. The van der Waals surface area contributed by atoms with Crippen LogP contribution in [0.15, 0.2) is 4.99 Å². The van der Waals surface area contributed by atoms with E-state index in [0.29, 0.717) is 12.0 Å². The predicted molar refractivity (Wildman–Crippen MR) is 115 cm³/mol. The summed E-state index contributed by atoms with van der Waals surface area (Å²) in [5, 5.41) is 7.13. The SMILES string of the molecule is CN=C(NCCCOCC1CCOCC1)NC1CCCN(C2CCCCC2)C1. The van der Waals surface area contributed by atoms with Crippen molar-refractivity contribution in [2.45, 2.75) is 76.3 Å². The second-order valence-corrected chi connectivity index (χ2v) is 8.75. The van der Waals surface area contributed by atoms with Crippen LogP contribution in [0.3, 0.4) is 0 Å². The largest absolute Gasteiger partial charge is 0.381 e. The lowest BCUT2D eigenvalue weighted by molar-refractivity contribution is 0.0203. The van der Waals surface area contributed by atoms with E-state index in [-0.39, 0.29) is 0 Å². The zero-order valence-corrected chi connectivity index (χ0v) is 18.0. The Hall–Kier alpha value is -0.850. The van der Waals surface area contributed by atoms with E-state index in [0.717, 1.165) is 64.2 Å². The normalized spacial score (nSPS) is 26.3. The van der Waals surface area contributed by atoms with E-state index in [1.54, 1.807) is 0 Å². The van der Waals surface area contributed by atoms with Gasteiger partial charge in [-0.05, 0) is 57.4 Å². The van der Waals surface area contributed by atoms with Crippen LogP contribution in [0, 0.1) is 5.92 Å². The number of piperidine rings is 1. The van der Waals surface area contributed by atoms with Crippen molar-refractivity contribution in [3.63, 3.8) is 0 Å². The molecule has 0 bridgehead atoms. The molecule has 28 heavy (non-hydrogen) atoms. The first-order chi connectivity index (χ1) is 13.8. The molecule has 2 saturated heterocycles. The number of guanidine groups is 1. The number of hydrogen-bond donors (Lipinski definition) is 2. The Morgan fingerprint density at radius 3 is 2.68 bits per heavy atom. The predicted octanol–water partition coefficient (Wildman–Crippen LogP) is 2.78. The zero-order valence-electron chi connectivity index (χ0n) is 18.0. The molecular formula is C22H42N4O2. The molecule has 2 aliphatic heterocycles. The number of likely N-dealkylation sites (tertiary alicyclic amines) is 1. The van der Waals surface area contributed by atoms with Crippen LogP contribution in [-0.4, -0.2) is 76.1 Å². The highest BCUT2D eigenvalue weighted by atomic mass is 16.5. The molecule has 3 rings (SSSR count). The standard InChI is InChI=1S/C22H42N4O2/c1-23-22(24-12-6-14-28-18-19-10-15-27-16-11-19)25-20-7-5-13-26(17-20)21-8-3-2-4-9-21/h19-21H,2-18H2,1H3,(H2,23,24,25). The Labute approximate surface area is 171 Å². The molecule has 0 aromatic rings. The Morgan fingerprint density at radius 2 is 1.89 bits per heavy atom. The molecule has 2 N–H and O–H groups in total. The highest BCUT2D eigenvalue weighted by molar-refractivity contribution is 5.79. The van der Waals surface area contributed by atoms with E-state index in [9.17, 15) is 0 Å². The van der Waals surface area contributed by atoms with E-state index in [2.05, 4.69) is 20.5 Å². The van der Waals surface area contributed by atoms with Crippen molar-refractivity contribution in [2.75, 3.05) is 53.1 Å². The summed E-state index contributed by atoms with van der Waals surface area (Å²) in [7, 11) is 1.87. The topological polar surface area (TPSA) is 58.1 Å². The number of rotatable bonds is 8. The third-order valence-corrected chi connectivity index (χ3v) is 6.56. The summed E-state index contributed by atoms with van der Waals surface area (Å²) in [4.78, 5) is 7.17. The lowest BCUT2D eigenvalue weighted by Crippen LogP contribution is -2.53. The molecule has 0 aromatic carbocycles. The molecule has 1 unspecified atom stereocenters. The minimum atomic E-state index is 0.520. The van der Waals surface area contributed by atoms with Crippen LogP contribution in [0.1, 0.15) is 64.2 Å². The first kappa shape index (κ1) is 21.8. The monoisotopic (exact) mass is 394 g/mol. The summed E-state index contributed by atoms with van der Waals surface area (Å²) in [6, 6.07) is 1.34. The van der Waals surface area contributed by atoms with Gasteiger partial charge in [0.05, 0.1) is 0 Å². The highest BCUT2D eigenvalue weighted by Crippen LogP contribution is 2.25. The second-order valence-electron chi connectivity index (χ2n) is 8.75. The molecule has 2 heterocycles. The molecule has 1 saturated carbocycles. The maximum Gasteiger partial charge on any atom is 0.191 e. The van der Waals surface area contributed by atoms with E-state index < -0.39 is 0 Å². The van der Waals surface area contributed by atoms with Crippen LogP contribution in [0.4, 0.5) is 0 Å². The van der Waals surface area contributed by atoms with Gasteiger partial charge in [0.1, 0.15) is 0 Å². The molecule has 6 heteroatoms. The van der Waals surface area contributed by atoms with Gasteiger partial charge in [-0.15, -0.1) is 0 Å². The third-order valence-electron chi connectivity index (χ3n) is 6.56. The van der Waals surface area contributed by atoms with Gasteiger partial charge in [0.15, 0.2) is 5.96 Å². The molecule has 1 aliphatic carbocycles. The molecule has 3 aliphatic rings. The number of nitrogens with zero attached hydrogens (tertiary/aromatic N) is 2. The molecular weight excluding hydrogens is 352 g/mol. The lowest BCUT2D eigenvalue weighted by Gasteiger charge is -2.40. The molecule has 162 valence electrons. The molecule has 0 amide bonds. The summed E-state index contributed by atoms with van der Waals surface area (Å²) in [6.07, 6.45) is 12.9. The van der Waals surface area contributed by atoms with Crippen LogP contribution in [-0.2, 0) is 9.47 Å². The Morgan fingerprint density at radius 1 is 1.07 bits per heavy atom. The Balaban J connectivity index is 1.27. The fourth-order valence-corrected chi connectivity index (χ4v) is 4.83. The summed E-state index contributed by atoms with van der Waals surface area (Å²) >= 11 is 0. The van der Waals surface area contributed by atoms with Crippen molar-refractivity contribution in [3.05, 3.63) is 0 Å². The molecule has 0 aromatic heterocycles. The first-order valence-electron chi connectivity index (χ1n) is 11.7. The first-order valence-corrected chi connectivity index (χ1v) is 11.7. The average molecular weight is 395 g/mol. The molecule has 0 spiro atoms. The van der Waals surface area contributed by atoms with E-state index in [1.807, 2.05) is 7.05 Å². The summed E-state index contributed by atoms with van der Waals surface area (Å²) in [5.41, 5.74) is 0. The molecule has 3 fully saturated rings. The number of ether oxygens (including phenoxy) is 2. The maximum absolute atomic E-state index is 5.86. The van der Waals surface area contributed by atoms with E-state index in [4.69, 9.17) is 9.47 Å². The lowest BCUT2D eigenvalue weighted by atomic mass is 9.92. The van der Waals surface area contributed by atoms with Gasteiger partial charge in [-0.2, -0.15) is 0 Å². The van der Waals surface area contributed by atoms with Crippen LogP contribution in [0.2, 0.25) is 0 Å². The van der Waals surface area contributed by atoms with E-state index in [1.165, 1.54) is 58.0 Å². The summed E-state index contributed by atoms with van der Waals surface area (Å²) < 4.78 is 11.3. The van der Waals surface area contributed by atoms with Crippen molar-refractivity contribution in [3.8, 4) is 0 Å².